The van der Waals surface area contributed by atoms with Gasteiger partial charge in [0.2, 0.25) is 0 Å². The van der Waals surface area contributed by atoms with Crippen molar-refractivity contribution in [3.63, 3.8) is 0 Å². The molecule has 0 bridgehead atoms. The molecule has 0 saturated carbocycles. The van der Waals surface area contributed by atoms with E-state index in [1.165, 1.54) is 6.20 Å². The molecule has 3 heteroatoms. The Balaban J connectivity index is 0.000000561. The second kappa shape index (κ2) is 5.29. The fraction of sp³-hybridized carbons (Fsp3) is 0.333. The van der Waals surface area contributed by atoms with Gasteiger partial charge in [-0.2, -0.15) is 0 Å². The van der Waals surface area contributed by atoms with Crippen molar-refractivity contribution in [3.8, 4) is 0 Å². The number of hydrogen-bond acceptors (Lipinski definition) is 2. The number of hydrogen-bond donors (Lipinski definition) is 2. The third-order valence-corrected chi connectivity index (χ3v) is 1.26. The molecule has 0 fully saturated rings. The molecular weight excluding hydrogens is 150 g/mol. The highest BCUT2D eigenvalue weighted by molar-refractivity contribution is 5.43. The maximum absolute atomic E-state index is 5.58. The van der Waals surface area contributed by atoms with Crippen LogP contribution in [0.3, 0.4) is 0 Å². The summed E-state index contributed by atoms with van der Waals surface area (Å²) in [4.78, 5) is 0. The van der Waals surface area contributed by atoms with Gasteiger partial charge >= 0.3 is 0 Å². The van der Waals surface area contributed by atoms with Gasteiger partial charge in [-0.1, -0.05) is 13.8 Å². The average Bonchev–Trinajstić information content (AvgIpc) is 2.35. The zero-order chi connectivity index (χ0) is 9.56. The molecule has 3 nitrogen and oxygen atoms in total. The van der Waals surface area contributed by atoms with Gasteiger partial charge in [-0.25, -0.2) is 0 Å². The van der Waals surface area contributed by atoms with Crippen molar-refractivity contribution in [1.82, 2.24) is 4.57 Å². The Bertz CT molecular complexity index is 248. The van der Waals surface area contributed by atoms with Gasteiger partial charge in [0.1, 0.15) is 5.82 Å². The van der Waals surface area contributed by atoms with E-state index >= 15 is 0 Å². The predicted octanol–water partition coefficient (Wildman–Crippen LogP) is 1.79. The van der Waals surface area contributed by atoms with Crippen molar-refractivity contribution in [3.05, 3.63) is 24.0 Å². The zero-order valence-electron chi connectivity index (χ0n) is 7.91. The van der Waals surface area contributed by atoms with E-state index in [9.17, 15) is 0 Å². The molecule has 0 atom stereocenters. The van der Waals surface area contributed by atoms with Crippen molar-refractivity contribution >= 4 is 12.0 Å². The quantitative estimate of drug-likeness (QED) is 0.670. The van der Waals surface area contributed by atoms with Crippen LogP contribution >= 0.6 is 0 Å². The molecule has 1 aromatic rings. The van der Waals surface area contributed by atoms with Gasteiger partial charge in [0.25, 0.3) is 0 Å². The standard InChI is InChI=1S/C7H11N3.C2H6/c1-6-4-7(9)10(5-6)3-2-8;1-2/h2-5H,8-9H2,1H3;1-2H3/b3-2-;. The van der Waals surface area contributed by atoms with E-state index in [1.807, 2.05) is 33.0 Å². The van der Waals surface area contributed by atoms with E-state index in [2.05, 4.69) is 0 Å². The summed E-state index contributed by atoms with van der Waals surface area (Å²) in [7, 11) is 0. The Hall–Kier alpha value is -1.38. The molecule has 0 aliphatic rings. The number of nitrogen functional groups attached to an aromatic ring is 1. The summed E-state index contributed by atoms with van der Waals surface area (Å²) in [5, 5.41) is 0. The Morgan fingerprint density at radius 2 is 2.00 bits per heavy atom. The summed E-state index contributed by atoms with van der Waals surface area (Å²) in [5.41, 5.74) is 11.9. The van der Waals surface area contributed by atoms with Crippen molar-refractivity contribution < 1.29 is 0 Å². The highest BCUT2D eigenvalue weighted by Crippen LogP contribution is 2.08. The molecule has 1 heterocycles. The summed E-state index contributed by atoms with van der Waals surface area (Å²) in [6, 6.07) is 1.89. The first-order valence-electron chi connectivity index (χ1n) is 4.06. The smallest absolute Gasteiger partial charge is 0.107 e. The first kappa shape index (κ1) is 10.6. The van der Waals surface area contributed by atoms with Gasteiger partial charge in [0.15, 0.2) is 0 Å². The lowest BCUT2D eigenvalue weighted by atomic mass is 10.4. The van der Waals surface area contributed by atoms with Crippen LogP contribution in [0.15, 0.2) is 18.5 Å². The lowest BCUT2D eigenvalue weighted by molar-refractivity contribution is 1.17. The summed E-state index contributed by atoms with van der Waals surface area (Å²) < 4.78 is 1.77. The van der Waals surface area contributed by atoms with Crippen LogP contribution in [0.4, 0.5) is 5.82 Å². The normalized spacial score (nSPS) is 9.58. The van der Waals surface area contributed by atoms with Crippen molar-refractivity contribution in [2.24, 2.45) is 5.73 Å². The number of anilines is 1. The third-order valence-electron chi connectivity index (χ3n) is 1.26. The van der Waals surface area contributed by atoms with Gasteiger partial charge in [0.05, 0.1) is 0 Å². The molecule has 0 spiro atoms. The molecule has 0 saturated heterocycles. The summed E-state index contributed by atoms with van der Waals surface area (Å²) in [6.07, 6.45) is 5.08. The molecule has 0 amide bonds. The van der Waals surface area contributed by atoms with Gasteiger partial charge < -0.3 is 16.0 Å². The fourth-order valence-electron chi connectivity index (χ4n) is 0.861. The monoisotopic (exact) mass is 167 g/mol. The van der Waals surface area contributed by atoms with E-state index in [0.717, 1.165) is 5.56 Å². The average molecular weight is 167 g/mol. The highest BCUT2D eigenvalue weighted by atomic mass is 15.0. The van der Waals surface area contributed by atoms with Crippen molar-refractivity contribution in [2.75, 3.05) is 5.73 Å². The highest BCUT2D eigenvalue weighted by Gasteiger charge is 1.93. The molecule has 0 aliphatic heterocycles. The zero-order valence-corrected chi connectivity index (χ0v) is 7.91. The minimum Gasteiger partial charge on any atom is -0.403 e. The number of aryl methyl sites for hydroxylation is 1. The molecule has 12 heavy (non-hydrogen) atoms. The van der Waals surface area contributed by atoms with Crippen LogP contribution in [0.25, 0.3) is 6.20 Å². The molecule has 4 N–H and O–H groups in total. The molecular formula is C9H17N3. The van der Waals surface area contributed by atoms with Crippen LogP contribution < -0.4 is 11.5 Å². The fourth-order valence-corrected chi connectivity index (χ4v) is 0.861. The van der Waals surface area contributed by atoms with Crippen LogP contribution in [0, 0.1) is 6.92 Å². The molecule has 0 aliphatic carbocycles. The second-order valence-electron chi connectivity index (χ2n) is 2.19. The SMILES string of the molecule is CC.Cc1cc(N)n(/C=C\N)c1. The number of nitrogens with two attached hydrogens (primary N) is 2. The molecule has 0 aromatic carbocycles. The summed E-state index contributed by atoms with van der Waals surface area (Å²) in [5.74, 6) is 0.708. The lowest BCUT2D eigenvalue weighted by Gasteiger charge is -1.93. The molecule has 1 aromatic heterocycles. The first-order chi connectivity index (χ1) is 5.74. The predicted molar refractivity (Wildman–Crippen MR) is 54.4 cm³/mol. The van der Waals surface area contributed by atoms with Crippen LogP contribution in [0.1, 0.15) is 19.4 Å². The van der Waals surface area contributed by atoms with Gasteiger partial charge in [-0.05, 0) is 18.6 Å². The number of aromatic nitrogens is 1. The van der Waals surface area contributed by atoms with Crippen LogP contribution in [-0.2, 0) is 0 Å². The summed E-state index contributed by atoms with van der Waals surface area (Å²) in [6.45, 7) is 5.98. The second-order valence-corrected chi connectivity index (χ2v) is 2.19. The van der Waals surface area contributed by atoms with E-state index < -0.39 is 0 Å². The number of nitrogens with zero attached hydrogens (tertiary/aromatic N) is 1. The van der Waals surface area contributed by atoms with Crippen LogP contribution in [0.5, 0.6) is 0 Å². The molecule has 0 unspecified atom stereocenters. The molecule has 0 radical (unpaired) electrons. The molecule has 68 valence electrons. The minimum absolute atomic E-state index is 0.708. The van der Waals surface area contributed by atoms with Gasteiger partial charge in [-0.3, -0.25) is 0 Å². The van der Waals surface area contributed by atoms with E-state index in [0.29, 0.717) is 5.82 Å². The van der Waals surface area contributed by atoms with Gasteiger partial charge in [0, 0.05) is 18.6 Å². The lowest BCUT2D eigenvalue weighted by Crippen LogP contribution is -1.93. The Morgan fingerprint density at radius 1 is 1.42 bits per heavy atom. The van der Waals surface area contributed by atoms with Gasteiger partial charge in [-0.15, -0.1) is 0 Å². The summed E-state index contributed by atoms with van der Waals surface area (Å²) >= 11 is 0. The van der Waals surface area contributed by atoms with E-state index in [4.69, 9.17) is 11.5 Å². The van der Waals surface area contributed by atoms with Crippen LogP contribution in [-0.4, -0.2) is 4.57 Å². The maximum atomic E-state index is 5.58. The van der Waals surface area contributed by atoms with Crippen molar-refractivity contribution in [1.29, 1.82) is 0 Å². The minimum atomic E-state index is 0.708. The Morgan fingerprint density at radius 3 is 2.33 bits per heavy atom. The van der Waals surface area contributed by atoms with E-state index in [1.54, 1.807) is 10.8 Å². The first-order valence-corrected chi connectivity index (χ1v) is 4.06. The van der Waals surface area contributed by atoms with Crippen LogP contribution in [0.2, 0.25) is 0 Å². The van der Waals surface area contributed by atoms with Crippen molar-refractivity contribution in [2.45, 2.75) is 20.8 Å². The topological polar surface area (TPSA) is 57.0 Å². The Kier molecular flexibility index (Phi) is 4.69. The number of rotatable bonds is 1. The maximum Gasteiger partial charge on any atom is 0.107 e. The molecule has 1 rings (SSSR count). The Labute approximate surface area is 73.7 Å². The third kappa shape index (κ3) is 2.70. The largest absolute Gasteiger partial charge is 0.403 e. The van der Waals surface area contributed by atoms with E-state index in [-0.39, 0.29) is 0 Å².